The van der Waals surface area contributed by atoms with Crippen LogP contribution in [0.1, 0.15) is 18.4 Å². The van der Waals surface area contributed by atoms with Gasteiger partial charge in [-0.3, -0.25) is 0 Å². The van der Waals surface area contributed by atoms with Gasteiger partial charge >= 0.3 is 0 Å². The Morgan fingerprint density at radius 1 is 1.28 bits per heavy atom. The Labute approximate surface area is 107 Å². The van der Waals surface area contributed by atoms with E-state index in [0.29, 0.717) is 24.7 Å². The van der Waals surface area contributed by atoms with Gasteiger partial charge in [-0.05, 0) is 24.5 Å². The van der Waals surface area contributed by atoms with Crippen molar-refractivity contribution in [3.8, 4) is 0 Å². The lowest BCUT2D eigenvalue weighted by atomic mass is 9.96. The maximum atomic E-state index is 12.5. The van der Waals surface area contributed by atoms with Gasteiger partial charge in [-0.15, -0.1) is 0 Å². The summed E-state index contributed by atoms with van der Waals surface area (Å²) in [5.74, 6) is 0. The van der Waals surface area contributed by atoms with Gasteiger partial charge in [-0.2, -0.15) is 0 Å². The summed E-state index contributed by atoms with van der Waals surface area (Å²) in [5, 5.41) is -0.382. The lowest BCUT2D eigenvalue weighted by molar-refractivity contribution is 0.0415. The summed E-state index contributed by atoms with van der Waals surface area (Å²) in [6.45, 7) is 1.14. The standard InChI is InChI=1S/C13H17NO3S/c14-9-13(5-6-13)11-3-1-2-4-12(11)18(15,16)10-7-17-8-10/h1-4,10H,5-9,14H2. The molecule has 1 aromatic carbocycles. The minimum atomic E-state index is -3.27. The van der Waals surface area contributed by atoms with Crippen LogP contribution < -0.4 is 5.73 Å². The van der Waals surface area contributed by atoms with Crippen molar-refractivity contribution in [1.29, 1.82) is 0 Å². The van der Waals surface area contributed by atoms with E-state index in [1.54, 1.807) is 12.1 Å². The van der Waals surface area contributed by atoms with Gasteiger partial charge in [0.2, 0.25) is 0 Å². The molecule has 2 N–H and O–H groups in total. The minimum absolute atomic E-state index is 0.103. The molecule has 0 aromatic heterocycles. The van der Waals surface area contributed by atoms with Crippen molar-refractivity contribution < 1.29 is 13.2 Å². The molecule has 1 saturated heterocycles. The van der Waals surface area contributed by atoms with Crippen LogP contribution in [0.15, 0.2) is 29.2 Å². The van der Waals surface area contributed by atoms with Crippen molar-refractivity contribution >= 4 is 9.84 Å². The van der Waals surface area contributed by atoms with Crippen LogP contribution in [0.2, 0.25) is 0 Å². The Morgan fingerprint density at radius 3 is 2.44 bits per heavy atom. The Hall–Kier alpha value is -0.910. The van der Waals surface area contributed by atoms with Crippen molar-refractivity contribution in [2.75, 3.05) is 19.8 Å². The van der Waals surface area contributed by atoms with E-state index in [4.69, 9.17) is 10.5 Å². The molecule has 0 unspecified atom stereocenters. The van der Waals surface area contributed by atoms with E-state index in [0.717, 1.165) is 18.4 Å². The van der Waals surface area contributed by atoms with Crippen LogP contribution in [0, 0.1) is 0 Å². The predicted octanol–water partition coefficient (Wildman–Crippen LogP) is 0.849. The molecule has 0 bridgehead atoms. The minimum Gasteiger partial charge on any atom is -0.379 e. The van der Waals surface area contributed by atoms with E-state index in [1.165, 1.54) is 0 Å². The molecule has 4 nitrogen and oxygen atoms in total. The third-order valence-electron chi connectivity index (χ3n) is 4.06. The lowest BCUT2D eigenvalue weighted by Crippen LogP contribution is -2.41. The van der Waals surface area contributed by atoms with Crippen molar-refractivity contribution in [2.45, 2.75) is 28.4 Å². The van der Waals surface area contributed by atoms with E-state index in [2.05, 4.69) is 0 Å². The quantitative estimate of drug-likeness (QED) is 0.878. The van der Waals surface area contributed by atoms with Crippen molar-refractivity contribution in [3.63, 3.8) is 0 Å². The maximum absolute atomic E-state index is 12.5. The third-order valence-corrected chi connectivity index (χ3v) is 6.17. The van der Waals surface area contributed by atoms with Crippen LogP contribution in [0.4, 0.5) is 0 Å². The summed E-state index contributed by atoms with van der Waals surface area (Å²) in [5.41, 5.74) is 6.62. The predicted molar refractivity (Wildman–Crippen MR) is 68.2 cm³/mol. The molecular formula is C13H17NO3S. The van der Waals surface area contributed by atoms with Gasteiger partial charge in [0, 0.05) is 12.0 Å². The molecule has 98 valence electrons. The molecule has 18 heavy (non-hydrogen) atoms. The Kier molecular flexibility index (Phi) is 2.73. The highest BCUT2D eigenvalue weighted by Gasteiger charge is 2.47. The molecule has 1 saturated carbocycles. The van der Waals surface area contributed by atoms with Crippen LogP contribution in [0.3, 0.4) is 0 Å². The summed E-state index contributed by atoms with van der Waals surface area (Å²) < 4.78 is 30.0. The lowest BCUT2D eigenvalue weighted by Gasteiger charge is -2.28. The molecule has 2 aliphatic rings. The average molecular weight is 267 g/mol. The van der Waals surface area contributed by atoms with E-state index in [-0.39, 0.29) is 10.7 Å². The van der Waals surface area contributed by atoms with Crippen molar-refractivity contribution in [1.82, 2.24) is 0 Å². The van der Waals surface area contributed by atoms with E-state index >= 15 is 0 Å². The Bertz CT molecular complexity index is 559. The van der Waals surface area contributed by atoms with Gasteiger partial charge in [-0.25, -0.2) is 8.42 Å². The number of rotatable bonds is 4. The fourth-order valence-corrected chi connectivity index (χ4v) is 4.23. The molecular weight excluding hydrogens is 250 g/mol. The maximum Gasteiger partial charge on any atom is 0.186 e. The van der Waals surface area contributed by atoms with E-state index in [1.807, 2.05) is 12.1 Å². The molecule has 1 aliphatic carbocycles. The normalized spacial score (nSPS) is 22.5. The molecule has 0 atom stereocenters. The second-order valence-electron chi connectivity index (χ2n) is 5.19. The van der Waals surface area contributed by atoms with Gasteiger partial charge in [0.15, 0.2) is 9.84 Å². The van der Waals surface area contributed by atoms with E-state index in [9.17, 15) is 8.42 Å². The molecule has 1 aliphatic heterocycles. The zero-order chi connectivity index (χ0) is 12.8. The SMILES string of the molecule is NCC1(c2ccccc2S(=O)(=O)C2COC2)CC1. The monoisotopic (exact) mass is 267 g/mol. The zero-order valence-corrected chi connectivity index (χ0v) is 10.9. The van der Waals surface area contributed by atoms with Crippen LogP contribution >= 0.6 is 0 Å². The molecule has 5 heteroatoms. The fourth-order valence-electron chi connectivity index (χ4n) is 2.46. The first-order chi connectivity index (χ1) is 8.60. The summed E-state index contributed by atoms with van der Waals surface area (Å²) in [4.78, 5) is 0.459. The van der Waals surface area contributed by atoms with Crippen LogP contribution in [-0.2, 0) is 20.0 Å². The van der Waals surface area contributed by atoms with Crippen LogP contribution in [-0.4, -0.2) is 33.4 Å². The summed E-state index contributed by atoms with van der Waals surface area (Å²) >= 11 is 0. The number of nitrogens with two attached hydrogens (primary N) is 1. The summed E-state index contributed by atoms with van der Waals surface area (Å²) in [6, 6.07) is 7.29. The number of ether oxygens (including phenoxy) is 1. The fraction of sp³-hybridized carbons (Fsp3) is 0.538. The molecule has 2 fully saturated rings. The zero-order valence-electron chi connectivity index (χ0n) is 10.1. The topological polar surface area (TPSA) is 69.4 Å². The number of hydrogen-bond donors (Lipinski definition) is 1. The number of sulfone groups is 1. The molecule has 0 spiro atoms. The second-order valence-corrected chi connectivity index (χ2v) is 7.38. The first-order valence-electron chi connectivity index (χ1n) is 6.21. The molecule has 0 radical (unpaired) electrons. The first kappa shape index (κ1) is 12.1. The van der Waals surface area contributed by atoms with Crippen molar-refractivity contribution in [3.05, 3.63) is 29.8 Å². The second kappa shape index (κ2) is 4.05. The molecule has 1 aromatic rings. The molecule has 0 amide bonds. The number of benzene rings is 1. The third kappa shape index (κ3) is 1.69. The largest absolute Gasteiger partial charge is 0.379 e. The van der Waals surface area contributed by atoms with Gasteiger partial charge in [0.1, 0.15) is 5.25 Å². The first-order valence-corrected chi connectivity index (χ1v) is 7.76. The molecule has 3 rings (SSSR count). The average Bonchev–Trinajstić information content (AvgIpc) is 3.07. The van der Waals surface area contributed by atoms with Gasteiger partial charge in [-0.1, -0.05) is 18.2 Å². The highest BCUT2D eigenvalue weighted by atomic mass is 32.2. The van der Waals surface area contributed by atoms with E-state index < -0.39 is 9.84 Å². The summed E-state index contributed by atoms with van der Waals surface area (Å²) in [7, 11) is -3.27. The number of hydrogen-bond acceptors (Lipinski definition) is 4. The highest BCUT2D eigenvalue weighted by Crippen LogP contribution is 2.49. The van der Waals surface area contributed by atoms with Crippen LogP contribution in [0.25, 0.3) is 0 Å². The van der Waals surface area contributed by atoms with Crippen LogP contribution in [0.5, 0.6) is 0 Å². The Morgan fingerprint density at radius 2 is 1.94 bits per heavy atom. The van der Waals surface area contributed by atoms with Gasteiger partial charge in [0.25, 0.3) is 0 Å². The molecule has 1 heterocycles. The Balaban J connectivity index is 2.07. The van der Waals surface area contributed by atoms with Gasteiger partial charge in [0.05, 0.1) is 18.1 Å². The smallest absolute Gasteiger partial charge is 0.186 e. The van der Waals surface area contributed by atoms with Crippen molar-refractivity contribution in [2.24, 2.45) is 5.73 Å². The summed E-state index contributed by atoms with van der Waals surface area (Å²) in [6.07, 6.45) is 1.97. The highest BCUT2D eigenvalue weighted by molar-refractivity contribution is 7.92. The van der Waals surface area contributed by atoms with Gasteiger partial charge < -0.3 is 10.5 Å².